The summed E-state index contributed by atoms with van der Waals surface area (Å²) < 4.78 is 0. The number of benzene rings is 1. The van der Waals surface area contributed by atoms with Crippen molar-refractivity contribution in [3.8, 4) is 0 Å². The van der Waals surface area contributed by atoms with Gasteiger partial charge in [0.1, 0.15) is 6.04 Å². The molecule has 2 aliphatic rings. The largest absolute Gasteiger partial charge is 0.480 e. The van der Waals surface area contributed by atoms with Crippen LogP contribution in [-0.2, 0) is 9.59 Å². The molecule has 0 spiro atoms. The lowest BCUT2D eigenvalue weighted by Gasteiger charge is -2.23. The Morgan fingerprint density at radius 1 is 1.35 bits per heavy atom. The van der Waals surface area contributed by atoms with Crippen LogP contribution in [-0.4, -0.2) is 41.0 Å². The molecule has 20 heavy (non-hydrogen) atoms. The van der Waals surface area contributed by atoms with Crippen LogP contribution in [0.1, 0.15) is 30.7 Å². The minimum absolute atomic E-state index is 0.0431. The molecule has 1 aromatic carbocycles. The molecule has 3 rings (SSSR count). The van der Waals surface area contributed by atoms with Crippen LogP contribution in [0.5, 0.6) is 0 Å². The Balaban J connectivity index is 1.70. The first-order chi connectivity index (χ1) is 9.66. The van der Waals surface area contributed by atoms with Crippen molar-refractivity contribution in [2.75, 3.05) is 18.4 Å². The third kappa shape index (κ3) is 2.24. The van der Waals surface area contributed by atoms with E-state index >= 15 is 0 Å². The summed E-state index contributed by atoms with van der Waals surface area (Å²) in [5, 5.41) is 12.4. The second-order valence-electron chi connectivity index (χ2n) is 5.45. The van der Waals surface area contributed by atoms with Crippen LogP contribution in [0.3, 0.4) is 0 Å². The third-order valence-electron chi connectivity index (χ3n) is 4.22. The molecule has 1 amide bonds. The van der Waals surface area contributed by atoms with E-state index in [-0.39, 0.29) is 11.8 Å². The molecule has 106 valence electrons. The van der Waals surface area contributed by atoms with Gasteiger partial charge in [0.05, 0.1) is 0 Å². The highest BCUT2D eigenvalue weighted by atomic mass is 16.4. The van der Waals surface area contributed by atoms with E-state index < -0.39 is 12.0 Å². The Bertz CT molecular complexity index is 544. The lowest BCUT2D eigenvalue weighted by Crippen LogP contribution is -2.41. The first kappa shape index (κ1) is 13.0. The number of anilines is 1. The molecule has 1 fully saturated rings. The maximum Gasteiger partial charge on any atom is 0.326 e. The zero-order chi connectivity index (χ0) is 14.1. The van der Waals surface area contributed by atoms with Gasteiger partial charge in [0.25, 0.3) is 0 Å². The third-order valence-corrected chi connectivity index (χ3v) is 4.22. The highest BCUT2D eigenvalue weighted by Crippen LogP contribution is 2.34. The number of para-hydroxylation sites is 1. The first-order valence-electron chi connectivity index (χ1n) is 7.02. The maximum atomic E-state index is 12.4. The fourth-order valence-corrected chi connectivity index (χ4v) is 3.19. The number of rotatable bonds is 3. The Morgan fingerprint density at radius 2 is 2.15 bits per heavy atom. The van der Waals surface area contributed by atoms with E-state index in [1.54, 1.807) is 0 Å². The standard InChI is InChI=1S/C15H18N2O3/c18-14(17-7-3-6-13(17)15(19)20)8-10-9-16-12-5-2-1-4-11(10)12/h1-2,4-5,10,13,16H,3,6-9H2,(H,19,20). The van der Waals surface area contributed by atoms with Crippen LogP contribution in [0.15, 0.2) is 24.3 Å². The van der Waals surface area contributed by atoms with E-state index in [9.17, 15) is 9.59 Å². The van der Waals surface area contributed by atoms with E-state index in [0.717, 1.165) is 24.2 Å². The van der Waals surface area contributed by atoms with Crippen LogP contribution in [0, 0.1) is 0 Å². The molecule has 2 N–H and O–H groups in total. The minimum Gasteiger partial charge on any atom is -0.480 e. The molecule has 2 atom stereocenters. The molecule has 0 saturated carbocycles. The number of carboxylic acids is 1. The van der Waals surface area contributed by atoms with Crippen LogP contribution in [0.2, 0.25) is 0 Å². The second-order valence-corrected chi connectivity index (χ2v) is 5.45. The molecule has 0 bridgehead atoms. The predicted molar refractivity (Wildman–Crippen MR) is 74.7 cm³/mol. The van der Waals surface area contributed by atoms with Gasteiger partial charge in [-0.3, -0.25) is 4.79 Å². The van der Waals surface area contributed by atoms with Crippen LogP contribution >= 0.6 is 0 Å². The van der Waals surface area contributed by atoms with Crippen molar-refractivity contribution in [2.24, 2.45) is 0 Å². The number of nitrogens with zero attached hydrogens (tertiary/aromatic N) is 1. The van der Waals surface area contributed by atoms with Gasteiger partial charge in [-0.1, -0.05) is 18.2 Å². The van der Waals surface area contributed by atoms with Gasteiger partial charge in [-0.05, 0) is 24.5 Å². The summed E-state index contributed by atoms with van der Waals surface area (Å²) >= 11 is 0. The molecule has 2 unspecified atom stereocenters. The van der Waals surface area contributed by atoms with Crippen LogP contribution in [0.4, 0.5) is 5.69 Å². The maximum absolute atomic E-state index is 12.4. The SMILES string of the molecule is O=C(O)C1CCCN1C(=O)CC1CNc2ccccc21. The number of nitrogens with one attached hydrogen (secondary N) is 1. The Labute approximate surface area is 117 Å². The number of amides is 1. The van der Waals surface area contributed by atoms with Crippen molar-refractivity contribution in [3.63, 3.8) is 0 Å². The molecular weight excluding hydrogens is 256 g/mol. The lowest BCUT2D eigenvalue weighted by molar-refractivity contribution is -0.148. The predicted octanol–water partition coefficient (Wildman–Crippen LogP) is 1.66. The van der Waals surface area contributed by atoms with Gasteiger partial charge in [-0.15, -0.1) is 0 Å². The normalized spacial score (nSPS) is 24.3. The van der Waals surface area contributed by atoms with Crippen LogP contribution in [0.25, 0.3) is 0 Å². The van der Waals surface area contributed by atoms with Gasteiger partial charge >= 0.3 is 5.97 Å². The van der Waals surface area contributed by atoms with Crippen molar-refractivity contribution in [2.45, 2.75) is 31.2 Å². The molecule has 0 aliphatic carbocycles. The summed E-state index contributed by atoms with van der Waals surface area (Å²) in [6, 6.07) is 7.35. The van der Waals surface area contributed by atoms with E-state index in [1.165, 1.54) is 4.90 Å². The molecule has 2 aliphatic heterocycles. The van der Waals surface area contributed by atoms with E-state index in [0.29, 0.717) is 19.4 Å². The highest BCUT2D eigenvalue weighted by Gasteiger charge is 2.35. The fraction of sp³-hybridized carbons (Fsp3) is 0.467. The van der Waals surface area contributed by atoms with Crippen molar-refractivity contribution in [1.82, 2.24) is 4.90 Å². The number of fused-ring (bicyclic) bond motifs is 1. The smallest absolute Gasteiger partial charge is 0.326 e. The van der Waals surface area contributed by atoms with Gasteiger partial charge in [-0.25, -0.2) is 4.79 Å². The summed E-state index contributed by atoms with van der Waals surface area (Å²) in [5.74, 6) is -0.784. The molecule has 5 heteroatoms. The quantitative estimate of drug-likeness (QED) is 0.879. The van der Waals surface area contributed by atoms with E-state index in [1.807, 2.05) is 24.3 Å². The topological polar surface area (TPSA) is 69.6 Å². The first-order valence-corrected chi connectivity index (χ1v) is 7.02. The fourth-order valence-electron chi connectivity index (χ4n) is 3.19. The number of carbonyl (C=O) groups excluding carboxylic acids is 1. The average Bonchev–Trinajstić information content (AvgIpc) is 3.06. The molecule has 0 radical (unpaired) electrons. The highest BCUT2D eigenvalue weighted by molar-refractivity contribution is 5.85. The second kappa shape index (κ2) is 5.15. The monoisotopic (exact) mass is 274 g/mol. The molecule has 2 heterocycles. The number of carbonyl (C=O) groups is 2. The zero-order valence-electron chi connectivity index (χ0n) is 11.2. The molecule has 5 nitrogen and oxygen atoms in total. The molecular formula is C15H18N2O3. The van der Waals surface area contributed by atoms with E-state index in [2.05, 4.69) is 5.32 Å². The van der Waals surface area contributed by atoms with Crippen molar-refractivity contribution >= 4 is 17.6 Å². The van der Waals surface area contributed by atoms with Crippen molar-refractivity contribution in [1.29, 1.82) is 0 Å². The Kier molecular flexibility index (Phi) is 3.34. The molecule has 1 aromatic rings. The summed E-state index contributed by atoms with van der Waals surface area (Å²) in [4.78, 5) is 25.0. The number of aliphatic carboxylic acids is 1. The molecule has 1 saturated heterocycles. The summed E-state index contributed by atoms with van der Waals surface area (Å²) in [7, 11) is 0. The Morgan fingerprint density at radius 3 is 2.95 bits per heavy atom. The van der Waals surface area contributed by atoms with Gasteiger partial charge < -0.3 is 15.3 Å². The van der Waals surface area contributed by atoms with Crippen LogP contribution < -0.4 is 5.32 Å². The number of hydrogen-bond donors (Lipinski definition) is 2. The van der Waals surface area contributed by atoms with Gasteiger partial charge in [0.2, 0.25) is 5.91 Å². The van der Waals surface area contributed by atoms with Gasteiger partial charge in [0.15, 0.2) is 0 Å². The number of likely N-dealkylation sites (tertiary alicyclic amines) is 1. The minimum atomic E-state index is -0.888. The average molecular weight is 274 g/mol. The number of hydrogen-bond acceptors (Lipinski definition) is 3. The summed E-state index contributed by atoms with van der Waals surface area (Å²) in [6.45, 7) is 1.31. The summed E-state index contributed by atoms with van der Waals surface area (Å²) in [5.41, 5.74) is 2.24. The van der Waals surface area contributed by atoms with Crippen molar-refractivity contribution in [3.05, 3.63) is 29.8 Å². The number of carboxylic acid groups (broad SMARTS) is 1. The lowest BCUT2D eigenvalue weighted by atomic mass is 9.97. The molecule has 0 aromatic heterocycles. The zero-order valence-corrected chi connectivity index (χ0v) is 11.2. The summed E-state index contributed by atoms with van der Waals surface area (Å²) in [6.07, 6.45) is 1.73. The Hall–Kier alpha value is -2.04. The van der Waals surface area contributed by atoms with Gasteiger partial charge in [-0.2, -0.15) is 0 Å². The van der Waals surface area contributed by atoms with Crippen molar-refractivity contribution < 1.29 is 14.7 Å². The van der Waals surface area contributed by atoms with Gasteiger partial charge in [0, 0.05) is 31.1 Å². The van der Waals surface area contributed by atoms with E-state index in [4.69, 9.17) is 5.11 Å².